The largest absolute Gasteiger partial charge is 4.00 e. The Morgan fingerprint density at radius 1 is 0.812 bits per heavy atom. The van der Waals surface area contributed by atoms with Crippen LogP contribution in [0, 0.1) is 20.8 Å². The number of hydrogen-bond acceptors (Lipinski definition) is 2. The first-order chi connectivity index (χ1) is 12.4. The van der Waals surface area contributed by atoms with Crippen LogP contribution in [0.2, 0.25) is 0 Å². The summed E-state index contributed by atoms with van der Waals surface area (Å²) in [5, 5.41) is 0. The Kier molecular flexibility index (Phi) is 22.7. The van der Waals surface area contributed by atoms with Gasteiger partial charge in [0, 0.05) is 17.1 Å². The van der Waals surface area contributed by atoms with E-state index in [-0.39, 0.29) is 83.6 Å². The number of allylic oxidation sites excluding steroid dienone is 3. The standard InChI is InChI=1S/C13H19NO.C10H15NO.2CH3.2ClH.Zr/c1-8(2)10-6-5-7-11(9(3)4)12(10)13(14)15;1-5-6(2)8(4)9(7(5)3)10(11)12;;;;;/h5-9H,1-4H3,(H2,14,15);7H,1-4H3,(H2,11,12);2*1H3;2*1H;/q;;2*-1;;;+4/p-2. The molecule has 32 heavy (non-hydrogen) atoms. The summed E-state index contributed by atoms with van der Waals surface area (Å²) in [5.41, 5.74) is 17.9. The summed E-state index contributed by atoms with van der Waals surface area (Å²) < 4.78 is 0. The summed E-state index contributed by atoms with van der Waals surface area (Å²) in [6.07, 6.45) is 0. The topological polar surface area (TPSA) is 86.2 Å². The van der Waals surface area contributed by atoms with Crippen molar-refractivity contribution in [2.75, 3.05) is 0 Å². The number of benzene rings is 1. The Labute approximate surface area is 228 Å². The van der Waals surface area contributed by atoms with Gasteiger partial charge in [-0.3, -0.25) is 9.59 Å². The molecule has 0 radical (unpaired) electrons. The second-order valence-corrected chi connectivity index (χ2v) is 7.92. The third kappa shape index (κ3) is 9.53. The van der Waals surface area contributed by atoms with Gasteiger partial charge >= 0.3 is 26.2 Å². The number of amides is 2. The minimum atomic E-state index is -0.317. The summed E-state index contributed by atoms with van der Waals surface area (Å²) in [5.74, 6) is 0.263. The Morgan fingerprint density at radius 2 is 1.19 bits per heavy atom. The van der Waals surface area contributed by atoms with Crippen LogP contribution in [-0.2, 0) is 31.0 Å². The minimum absolute atomic E-state index is 0. The molecule has 1 aromatic carbocycles. The molecular formula is C25H40Cl2N2O2Zr. The maximum Gasteiger partial charge on any atom is 4.00 e. The molecule has 4 nitrogen and oxygen atoms in total. The first-order valence-corrected chi connectivity index (χ1v) is 9.52. The molecule has 1 atom stereocenters. The van der Waals surface area contributed by atoms with Gasteiger partial charge in [0.2, 0.25) is 11.8 Å². The second kappa shape index (κ2) is 17.6. The molecule has 1 aliphatic carbocycles. The normalized spacial score (nSPS) is 14.1. The van der Waals surface area contributed by atoms with E-state index in [1.54, 1.807) is 0 Å². The molecule has 0 heterocycles. The maximum absolute atomic E-state index is 11.5. The van der Waals surface area contributed by atoms with Crippen molar-refractivity contribution in [2.45, 2.75) is 67.2 Å². The van der Waals surface area contributed by atoms with Crippen LogP contribution in [0.4, 0.5) is 0 Å². The predicted molar refractivity (Wildman–Crippen MR) is 125 cm³/mol. The number of halogens is 2. The average Bonchev–Trinajstić information content (AvgIpc) is 2.77. The molecule has 0 aliphatic heterocycles. The molecule has 0 spiro atoms. The van der Waals surface area contributed by atoms with Crippen LogP contribution in [0.3, 0.4) is 0 Å². The molecule has 180 valence electrons. The first kappa shape index (κ1) is 41.4. The molecule has 0 saturated carbocycles. The second-order valence-electron chi connectivity index (χ2n) is 7.92. The molecule has 4 N–H and O–H groups in total. The Bertz CT molecular complexity index is 790. The molecule has 1 aliphatic rings. The van der Waals surface area contributed by atoms with Crippen LogP contribution < -0.4 is 36.3 Å². The molecule has 2 rings (SSSR count). The van der Waals surface area contributed by atoms with E-state index in [1.165, 1.54) is 11.1 Å². The van der Waals surface area contributed by atoms with E-state index in [1.807, 2.05) is 39.0 Å². The van der Waals surface area contributed by atoms with Gasteiger partial charge in [0.25, 0.3) is 0 Å². The fraction of sp³-hybridized carbons (Fsp3) is 0.440. The monoisotopic (exact) mass is 560 g/mol. The average molecular weight is 563 g/mol. The fourth-order valence-corrected chi connectivity index (χ4v) is 3.60. The molecule has 0 saturated heterocycles. The third-order valence-corrected chi connectivity index (χ3v) is 5.53. The minimum Gasteiger partial charge on any atom is -1.00 e. The molecule has 2 amide bonds. The van der Waals surface area contributed by atoms with Gasteiger partial charge in [-0.05, 0) is 54.9 Å². The predicted octanol–water partition coefficient (Wildman–Crippen LogP) is -0.287. The zero-order chi connectivity index (χ0) is 21.0. The number of nitrogens with two attached hydrogens (primary N) is 2. The van der Waals surface area contributed by atoms with Crippen LogP contribution in [0.25, 0.3) is 0 Å². The zero-order valence-electron chi connectivity index (χ0n) is 21.2. The van der Waals surface area contributed by atoms with Gasteiger partial charge in [0.05, 0.1) is 0 Å². The summed E-state index contributed by atoms with van der Waals surface area (Å²) in [7, 11) is 0. The third-order valence-electron chi connectivity index (χ3n) is 5.53. The summed E-state index contributed by atoms with van der Waals surface area (Å²) in [6.45, 7) is 16.4. The summed E-state index contributed by atoms with van der Waals surface area (Å²) in [6, 6.07) is 5.96. The number of rotatable bonds is 4. The first-order valence-electron chi connectivity index (χ1n) is 9.52. The number of primary amides is 2. The number of carbonyl (C=O) groups is 2. The van der Waals surface area contributed by atoms with Crippen molar-refractivity contribution in [3.8, 4) is 0 Å². The zero-order valence-corrected chi connectivity index (χ0v) is 25.2. The van der Waals surface area contributed by atoms with E-state index in [0.29, 0.717) is 17.4 Å². The van der Waals surface area contributed by atoms with Crippen molar-refractivity contribution < 1.29 is 60.6 Å². The summed E-state index contributed by atoms with van der Waals surface area (Å²) in [4.78, 5) is 22.5. The van der Waals surface area contributed by atoms with Gasteiger partial charge in [-0.15, -0.1) is 0 Å². The molecule has 0 fully saturated rings. The quantitative estimate of drug-likeness (QED) is 0.495. The Hall–Kier alpha value is -0.897. The summed E-state index contributed by atoms with van der Waals surface area (Å²) >= 11 is 0. The van der Waals surface area contributed by atoms with Crippen molar-refractivity contribution >= 4 is 11.8 Å². The molecule has 0 bridgehead atoms. The van der Waals surface area contributed by atoms with Gasteiger partial charge in [-0.1, -0.05) is 58.4 Å². The van der Waals surface area contributed by atoms with Crippen LogP contribution >= 0.6 is 0 Å². The SMILES string of the molecule is CC(C)c1cccc(C(C)C)c1C(N)=O.CC1=C(C)C(C)C(C(N)=O)=C1C.[CH3-].[CH3-].[Cl-].[Cl-].[Zr+4]. The fourth-order valence-electron chi connectivity index (χ4n) is 3.60. The van der Waals surface area contributed by atoms with Gasteiger partial charge < -0.3 is 51.1 Å². The van der Waals surface area contributed by atoms with Crippen LogP contribution in [0.5, 0.6) is 0 Å². The molecule has 1 aromatic rings. The van der Waals surface area contributed by atoms with Crippen molar-refractivity contribution in [1.82, 2.24) is 0 Å². The van der Waals surface area contributed by atoms with E-state index in [9.17, 15) is 9.59 Å². The number of hydrogen-bond donors (Lipinski definition) is 2. The smallest absolute Gasteiger partial charge is 1.00 e. The van der Waals surface area contributed by atoms with Crippen molar-refractivity contribution in [2.24, 2.45) is 17.4 Å². The molecule has 1 unspecified atom stereocenters. The van der Waals surface area contributed by atoms with Crippen molar-refractivity contribution in [1.29, 1.82) is 0 Å². The Morgan fingerprint density at radius 3 is 1.38 bits per heavy atom. The maximum atomic E-state index is 11.5. The number of carbonyl (C=O) groups excluding carboxylic acids is 2. The van der Waals surface area contributed by atoms with Gasteiger partial charge in [-0.25, -0.2) is 0 Å². The molecular weight excluding hydrogens is 522 g/mol. The van der Waals surface area contributed by atoms with E-state index in [2.05, 4.69) is 34.6 Å². The van der Waals surface area contributed by atoms with E-state index in [0.717, 1.165) is 22.3 Å². The van der Waals surface area contributed by atoms with Crippen molar-refractivity contribution in [3.63, 3.8) is 0 Å². The molecule has 0 aromatic heterocycles. The van der Waals surface area contributed by atoms with E-state index in [4.69, 9.17) is 11.5 Å². The van der Waals surface area contributed by atoms with E-state index >= 15 is 0 Å². The van der Waals surface area contributed by atoms with Crippen LogP contribution in [0.1, 0.15) is 88.7 Å². The van der Waals surface area contributed by atoms with Gasteiger partial charge in [0.15, 0.2) is 0 Å². The molecule has 7 heteroatoms. The van der Waals surface area contributed by atoms with Gasteiger partial charge in [0.1, 0.15) is 0 Å². The van der Waals surface area contributed by atoms with Crippen LogP contribution in [-0.4, -0.2) is 11.8 Å². The Balaban J connectivity index is -0.000000133. The van der Waals surface area contributed by atoms with E-state index < -0.39 is 0 Å². The van der Waals surface area contributed by atoms with Crippen LogP contribution in [0.15, 0.2) is 40.5 Å². The van der Waals surface area contributed by atoms with Gasteiger partial charge in [-0.2, -0.15) is 0 Å². The van der Waals surface area contributed by atoms with Crippen molar-refractivity contribution in [3.05, 3.63) is 72.0 Å².